The first-order valence-corrected chi connectivity index (χ1v) is 8.29. The van der Waals surface area contributed by atoms with E-state index in [0.717, 1.165) is 0 Å². The molecule has 0 spiro atoms. The Labute approximate surface area is 160 Å². The van der Waals surface area contributed by atoms with Crippen molar-refractivity contribution in [1.82, 2.24) is 4.98 Å². The molecule has 0 aliphatic rings. The number of carbonyl (C=O) groups is 1. The monoisotopic (exact) mass is 382 g/mol. The summed E-state index contributed by atoms with van der Waals surface area (Å²) < 4.78 is 0. The van der Waals surface area contributed by atoms with Gasteiger partial charge in [0.1, 0.15) is 0 Å². The van der Waals surface area contributed by atoms with E-state index in [0.29, 0.717) is 38.2 Å². The molecule has 5 nitrogen and oxygen atoms in total. The predicted molar refractivity (Wildman–Crippen MR) is 103 cm³/mol. The van der Waals surface area contributed by atoms with Gasteiger partial charge in [-0.3, -0.25) is 9.78 Å². The Morgan fingerprint density at radius 2 is 1.62 bits per heavy atom. The molecule has 0 saturated heterocycles. The second-order valence-corrected chi connectivity index (χ2v) is 6.26. The normalized spacial score (nSPS) is 10.0. The fourth-order valence-electron chi connectivity index (χ4n) is 2.26. The number of hydrogen-bond donors (Lipinski definition) is 2. The van der Waals surface area contributed by atoms with Crippen molar-refractivity contribution in [3.05, 3.63) is 82.1 Å². The van der Waals surface area contributed by atoms with E-state index in [1.807, 2.05) is 6.07 Å². The van der Waals surface area contributed by atoms with Crippen molar-refractivity contribution in [1.29, 1.82) is 5.26 Å². The smallest absolute Gasteiger partial charge is 0.257 e. The van der Waals surface area contributed by atoms with E-state index in [1.54, 1.807) is 54.7 Å². The molecule has 0 atom stereocenters. The Morgan fingerprint density at radius 3 is 2.27 bits per heavy atom. The Kier molecular flexibility index (Phi) is 5.37. The molecule has 1 aromatic heterocycles. The summed E-state index contributed by atoms with van der Waals surface area (Å²) in [5, 5.41) is 15.7. The fraction of sp³-hybridized carbons (Fsp3) is 0. The number of anilines is 3. The van der Waals surface area contributed by atoms with Gasteiger partial charge in [0.15, 0.2) is 0 Å². The Bertz CT molecular complexity index is 977. The van der Waals surface area contributed by atoms with Crippen LogP contribution in [0.3, 0.4) is 0 Å². The second-order valence-electron chi connectivity index (χ2n) is 5.39. The first-order chi connectivity index (χ1) is 12.5. The van der Waals surface area contributed by atoms with Crippen LogP contribution < -0.4 is 10.6 Å². The minimum Gasteiger partial charge on any atom is -0.354 e. The molecule has 3 rings (SSSR count). The number of benzene rings is 2. The molecule has 7 heteroatoms. The van der Waals surface area contributed by atoms with Crippen LogP contribution in [0.15, 0.2) is 60.9 Å². The number of hydrogen-bond acceptors (Lipinski definition) is 4. The first kappa shape index (κ1) is 17.7. The van der Waals surface area contributed by atoms with Crippen LogP contribution in [-0.4, -0.2) is 10.9 Å². The number of rotatable bonds is 4. The Balaban J connectivity index is 1.75. The second kappa shape index (κ2) is 7.87. The van der Waals surface area contributed by atoms with E-state index in [-0.39, 0.29) is 5.91 Å². The van der Waals surface area contributed by atoms with Crippen molar-refractivity contribution in [2.24, 2.45) is 0 Å². The minimum absolute atomic E-state index is 0.310. The van der Waals surface area contributed by atoms with Gasteiger partial charge in [-0.25, -0.2) is 0 Å². The lowest BCUT2D eigenvalue weighted by molar-refractivity contribution is 0.102. The highest BCUT2D eigenvalue weighted by Gasteiger charge is 2.08. The van der Waals surface area contributed by atoms with E-state index < -0.39 is 0 Å². The quantitative estimate of drug-likeness (QED) is 0.645. The number of halogens is 2. The molecule has 0 aliphatic carbocycles. The van der Waals surface area contributed by atoms with Gasteiger partial charge in [0, 0.05) is 27.6 Å². The molecular formula is C19H12Cl2N4O. The predicted octanol–water partition coefficient (Wildman–Crippen LogP) is 5.26. The number of amides is 1. The number of carbonyl (C=O) groups excluding carboxylic acids is 1. The lowest BCUT2D eigenvalue weighted by atomic mass is 10.2. The van der Waals surface area contributed by atoms with Gasteiger partial charge in [0.2, 0.25) is 0 Å². The largest absolute Gasteiger partial charge is 0.354 e. The average molecular weight is 383 g/mol. The van der Waals surface area contributed by atoms with E-state index >= 15 is 0 Å². The van der Waals surface area contributed by atoms with Gasteiger partial charge in [-0.15, -0.1) is 0 Å². The molecule has 2 N–H and O–H groups in total. The highest BCUT2D eigenvalue weighted by molar-refractivity contribution is 6.35. The van der Waals surface area contributed by atoms with Crippen LogP contribution in [-0.2, 0) is 0 Å². The van der Waals surface area contributed by atoms with Crippen LogP contribution >= 0.6 is 23.2 Å². The SMILES string of the molecule is N#Cc1ccc(NC(=O)c2cncc(Nc3cc(Cl)cc(Cl)c3)c2)cc1. The van der Waals surface area contributed by atoms with E-state index in [9.17, 15) is 4.79 Å². The zero-order valence-electron chi connectivity index (χ0n) is 13.3. The van der Waals surface area contributed by atoms with Crippen molar-refractivity contribution >= 4 is 46.2 Å². The van der Waals surface area contributed by atoms with E-state index in [2.05, 4.69) is 15.6 Å². The molecule has 1 heterocycles. The van der Waals surface area contributed by atoms with Crippen LogP contribution in [0.4, 0.5) is 17.1 Å². The third-order valence-corrected chi connectivity index (χ3v) is 3.86. The molecule has 3 aromatic rings. The topological polar surface area (TPSA) is 77.8 Å². The van der Waals surface area contributed by atoms with Crippen molar-refractivity contribution in [2.45, 2.75) is 0 Å². The number of nitriles is 1. The van der Waals surface area contributed by atoms with Crippen molar-refractivity contribution in [3.63, 3.8) is 0 Å². The zero-order chi connectivity index (χ0) is 18.5. The van der Waals surface area contributed by atoms with Gasteiger partial charge in [0.05, 0.1) is 29.1 Å². The molecule has 0 bridgehead atoms. The van der Waals surface area contributed by atoms with Crippen LogP contribution in [0, 0.1) is 11.3 Å². The van der Waals surface area contributed by atoms with Crippen molar-refractivity contribution in [3.8, 4) is 6.07 Å². The third-order valence-electron chi connectivity index (χ3n) is 3.42. The summed E-state index contributed by atoms with van der Waals surface area (Å²) >= 11 is 12.0. The van der Waals surface area contributed by atoms with Crippen LogP contribution in [0.5, 0.6) is 0 Å². The zero-order valence-corrected chi connectivity index (χ0v) is 14.8. The summed E-state index contributed by atoms with van der Waals surface area (Å²) in [6.45, 7) is 0. The summed E-state index contributed by atoms with van der Waals surface area (Å²) in [5.41, 5.74) is 2.81. The molecular weight excluding hydrogens is 371 g/mol. The lowest BCUT2D eigenvalue weighted by Gasteiger charge is -2.09. The van der Waals surface area contributed by atoms with Crippen molar-refractivity contribution in [2.75, 3.05) is 10.6 Å². The van der Waals surface area contributed by atoms with Gasteiger partial charge in [-0.05, 0) is 48.5 Å². The summed E-state index contributed by atoms with van der Waals surface area (Å²) in [6, 6.07) is 15.4. The van der Waals surface area contributed by atoms with Gasteiger partial charge in [0.25, 0.3) is 5.91 Å². The molecule has 0 saturated carbocycles. The molecule has 128 valence electrons. The molecule has 0 unspecified atom stereocenters. The lowest BCUT2D eigenvalue weighted by Crippen LogP contribution is -2.12. The Hall–Kier alpha value is -3.07. The maximum Gasteiger partial charge on any atom is 0.257 e. The highest BCUT2D eigenvalue weighted by Crippen LogP contribution is 2.25. The molecule has 2 aromatic carbocycles. The molecule has 1 amide bonds. The summed E-state index contributed by atoms with van der Waals surface area (Å²) in [7, 11) is 0. The molecule has 0 fully saturated rings. The van der Waals surface area contributed by atoms with Crippen LogP contribution in [0.1, 0.15) is 15.9 Å². The summed E-state index contributed by atoms with van der Waals surface area (Å²) in [5.74, 6) is -0.310. The van der Waals surface area contributed by atoms with E-state index in [1.165, 1.54) is 6.20 Å². The highest BCUT2D eigenvalue weighted by atomic mass is 35.5. The third kappa shape index (κ3) is 4.51. The average Bonchev–Trinajstić information content (AvgIpc) is 2.61. The van der Waals surface area contributed by atoms with Gasteiger partial charge in [-0.1, -0.05) is 23.2 Å². The van der Waals surface area contributed by atoms with Gasteiger partial charge < -0.3 is 10.6 Å². The summed E-state index contributed by atoms with van der Waals surface area (Å²) in [6.07, 6.45) is 3.06. The number of nitrogens with zero attached hydrogens (tertiary/aromatic N) is 2. The summed E-state index contributed by atoms with van der Waals surface area (Å²) in [4.78, 5) is 16.5. The van der Waals surface area contributed by atoms with Crippen LogP contribution in [0.25, 0.3) is 0 Å². The number of pyridine rings is 1. The molecule has 0 aliphatic heterocycles. The number of aromatic nitrogens is 1. The molecule has 0 radical (unpaired) electrons. The van der Waals surface area contributed by atoms with Gasteiger partial charge >= 0.3 is 0 Å². The standard InChI is InChI=1S/C19H12Cl2N4O/c20-14-6-15(21)8-17(7-14)24-18-5-13(10-23-11-18)19(26)25-16-3-1-12(9-22)2-4-16/h1-8,10-11,24H,(H,25,26). The van der Waals surface area contributed by atoms with Crippen molar-refractivity contribution < 1.29 is 4.79 Å². The Morgan fingerprint density at radius 1 is 0.923 bits per heavy atom. The van der Waals surface area contributed by atoms with Crippen LogP contribution in [0.2, 0.25) is 10.0 Å². The maximum absolute atomic E-state index is 12.4. The van der Waals surface area contributed by atoms with E-state index in [4.69, 9.17) is 28.5 Å². The fourth-order valence-corrected chi connectivity index (χ4v) is 2.78. The number of nitrogens with one attached hydrogen (secondary N) is 2. The molecule has 26 heavy (non-hydrogen) atoms. The maximum atomic E-state index is 12.4. The van der Waals surface area contributed by atoms with Gasteiger partial charge in [-0.2, -0.15) is 5.26 Å². The first-order valence-electron chi connectivity index (χ1n) is 7.53. The minimum atomic E-state index is -0.310.